The highest BCUT2D eigenvalue weighted by molar-refractivity contribution is 7.98. The monoisotopic (exact) mass is 431 g/mol. The van der Waals surface area contributed by atoms with E-state index in [1.54, 1.807) is 23.9 Å². The lowest BCUT2D eigenvalue weighted by molar-refractivity contribution is -0.116. The van der Waals surface area contributed by atoms with Gasteiger partial charge in [-0.2, -0.15) is 11.8 Å². The van der Waals surface area contributed by atoms with Crippen LogP contribution in [0.15, 0.2) is 42.5 Å². The van der Waals surface area contributed by atoms with Gasteiger partial charge in [-0.15, -0.1) is 0 Å². The molecule has 1 atom stereocenters. The number of carbonyl (C=O) groups excluding carboxylic acids is 2. The minimum atomic E-state index is -0.322. The van der Waals surface area contributed by atoms with Crippen molar-refractivity contribution < 1.29 is 9.59 Å². The Bertz CT molecular complexity index is 888. The van der Waals surface area contributed by atoms with E-state index in [1.807, 2.05) is 30.3 Å². The van der Waals surface area contributed by atoms with E-state index in [1.165, 1.54) is 0 Å². The van der Waals surface area contributed by atoms with Crippen molar-refractivity contribution in [2.24, 2.45) is 5.92 Å². The van der Waals surface area contributed by atoms with E-state index in [9.17, 15) is 9.59 Å². The molecule has 0 radical (unpaired) electrons. The third-order valence-corrected chi connectivity index (χ3v) is 5.98. The molecule has 3 N–H and O–H groups in total. The van der Waals surface area contributed by atoms with Gasteiger partial charge in [-0.3, -0.25) is 9.59 Å². The first-order chi connectivity index (χ1) is 13.9. The SMILES string of the molecule is CC(C)CCNC(=O)c1ccc2c(c1)NC(=O)C(CSCc1cccc(Cl)c1)N2. The molecule has 0 aromatic heterocycles. The molecule has 1 aliphatic heterocycles. The van der Waals surface area contributed by atoms with Gasteiger partial charge in [0.25, 0.3) is 5.91 Å². The fourth-order valence-corrected chi connectivity index (χ4v) is 4.22. The first kappa shape index (κ1) is 21.5. The van der Waals surface area contributed by atoms with Crippen molar-refractivity contribution in [2.45, 2.75) is 32.1 Å². The summed E-state index contributed by atoms with van der Waals surface area (Å²) in [6, 6.07) is 12.8. The van der Waals surface area contributed by atoms with Gasteiger partial charge in [-0.05, 0) is 48.2 Å². The molecule has 1 unspecified atom stereocenters. The molecular weight excluding hydrogens is 406 g/mol. The summed E-state index contributed by atoms with van der Waals surface area (Å²) in [5.41, 5.74) is 3.15. The highest BCUT2D eigenvalue weighted by Crippen LogP contribution is 2.29. The molecule has 0 spiro atoms. The van der Waals surface area contributed by atoms with Crippen molar-refractivity contribution in [2.75, 3.05) is 22.9 Å². The lowest BCUT2D eigenvalue weighted by Gasteiger charge is -2.27. The minimum absolute atomic E-state index is 0.0894. The standard InChI is InChI=1S/C22H26ClN3O2S/c1-14(2)8-9-24-21(27)16-6-7-18-19(11-16)26-22(28)20(25-18)13-29-12-15-4-3-5-17(23)10-15/h3-7,10-11,14,20,25H,8-9,12-13H2,1-2H3,(H,24,27)(H,26,28). The Morgan fingerprint density at radius 2 is 2.03 bits per heavy atom. The molecule has 0 saturated heterocycles. The second-order valence-electron chi connectivity index (χ2n) is 7.53. The number of thioether (sulfide) groups is 1. The lowest BCUT2D eigenvalue weighted by Crippen LogP contribution is -2.40. The van der Waals surface area contributed by atoms with Crippen LogP contribution in [-0.4, -0.2) is 30.2 Å². The Kier molecular flexibility index (Phi) is 7.45. The zero-order chi connectivity index (χ0) is 20.8. The topological polar surface area (TPSA) is 70.2 Å². The van der Waals surface area contributed by atoms with Gasteiger partial charge in [-0.25, -0.2) is 0 Å². The molecule has 0 aliphatic carbocycles. The van der Waals surface area contributed by atoms with Crippen molar-refractivity contribution in [1.29, 1.82) is 0 Å². The number of hydrogen-bond donors (Lipinski definition) is 3. The van der Waals surface area contributed by atoms with Crippen LogP contribution in [0.5, 0.6) is 0 Å². The summed E-state index contributed by atoms with van der Waals surface area (Å²) in [4.78, 5) is 24.8. The largest absolute Gasteiger partial charge is 0.371 e. The second-order valence-corrected chi connectivity index (χ2v) is 9.00. The van der Waals surface area contributed by atoms with Crippen LogP contribution in [-0.2, 0) is 10.5 Å². The predicted octanol–water partition coefficient (Wildman–Crippen LogP) is 4.78. The van der Waals surface area contributed by atoms with E-state index >= 15 is 0 Å². The molecule has 0 saturated carbocycles. The highest BCUT2D eigenvalue weighted by atomic mass is 35.5. The number of rotatable bonds is 8. The fraction of sp³-hybridized carbons (Fsp3) is 0.364. The number of nitrogens with one attached hydrogen (secondary N) is 3. The maximum atomic E-state index is 12.5. The van der Waals surface area contributed by atoms with Crippen LogP contribution in [0.1, 0.15) is 36.2 Å². The summed E-state index contributed by atoms with van der Waals surface area (Å²) in [7, 11) is 0. The van der Waals surface area contributed by atoms with Crippen molar-refractivity contribution in [3.63, 3.8) is 0 Å². The van der Waals surface area contributed by atoms with Crippen molar-refractivity contribution in [3.8, 4) is 0 Å². The van der Waals surface area contributed by atoms with Crippen LogP contribution in [0.4, 0.5) is 11.4 Å². The number of hydrogen-bond acceptors (Lipinski definition) is 4. The van der Waals surface area contributed by atoms with E-state index in [0.29, 0.717) is 29.5 Å². The molecule has 5 nitrogen and oxygen atoms in total. The Morgan fingerprint density at radius 1 is 1.21 bits per heavy atom. The smallest absolute Gasteiger partial charge is 0.251 e. The highest BCUT2D eigenvalue weighted by Gasteiger charge is 2.26. The van der Waals surface area contributed by atoms with E-state index in [0.717, 1.165) is 28.4 Å². The third-order valence-electron chi connectivity index (χ3n) is 4.64. The van der Waals surface area contributed by atoms with Crippen LogP contribution in [0.3, 0.4) is 0 Å². The molecule has 1 heterocycles. The number of halogens is 1. The van der Waals surface area contributed by atoms with Crippen LogP contribution in [0, 0.1) is 5.92 Å². The average Bonchev–Trinajstić information content (AvgIpc) is 2.67. The Labute approximate surface area is 181 Å². The zero-order valence-corrected chi connectivity index (χ0v) is 18.2. The van der Waals surface area contributed by atoms with Gasteiger partial charge in [0.1, 0.15) is 6.04 Å². The Balaban J connectivity index is 1.55. The Morgan fingerprint density at radius 3 is 2.79 bits per heavy atom. The number of anilines is 2. The van der Waals surface area contributed by atoms with Crippen LogP contribution >= 0.6 is 23.4 Å². The molecule has 2 aromatic rings. The van der Waals surface area contributed by atoms with Gasteiger partial charge in [0.05, 0.1) is 11.4 Å². The first-order valence-corrected chi connectivity index (χ1v) is 11.3. The fourth-order valence-electron chi connectivity index (χ4n) is 3.00. The summed E-state index contributed by atoms with van der Waals surface area (Å²) < 4.78 is 0. The first-order valence-electron chi connectivity index (χ1n) is 9.74. The number of amides is 2. The molecule has 154 valence electrons. The lowest BCUT2D eigenvalue weighted by atomic mass is 10.1. The molecule has 0 fully saturated rings. The van der Waals surface area contributed by atoms with Gasteiger partial charge < -0.3 is 16.0 Å². The number of carbonyl (C=O) groups is 2. The summed E-state index contributed by atoms with van der Waals surface area (Å²) in [5.74, 6) is 1.75. The normalized spacial score (nSPS) is 15.4. The van der Waals surface area contributed by atoms with E-state index in [2.05, 4.69) is 29.8 Å². The third kappa shape index (κ3) is 6.15. The predicted molar refractivity (Wildman–Crippen MR) is 122 cm³/mol. The molecule has 2 amide bonds. The van der Waals surface area contributed by atoms with Crippen molar-refractivity contribution in [1.82, 2.24) is 5.32 Å². The zero-order valence-electron chi connectivity index (χ0n) is 16.6. The summed E-state index contributed by atoms with van der Waals surface area (Å²) in [5, 5.41) is 9.84. The molecule has 7 heteroatoms. The summed E-state index contributed by atoms with van der Waals surface area (Å²) >= 11 is 7.69. The maximum absolute atomic E-state index is 12.5. The van der Waals surface area contributed by atoms with Crippen LogP contribution in [0.2, 0.25) is 5.02 Å². The van der Waals surface area contributed by atoms with E-state index in [4.69, 9.17) is 11.6 Å². The maximum Gasteiger partial charge on any atom is 0.251 e. The molecule has 0 bridgehead atoms. The quantitative estimate of drug-likeness (QED) is 0.562. The van der Waals surface area contributed by atoms with E-state index < -0.39 is 0 Å². The number of benzene rings is 2. The molecule has 1 aliphatic rings. The van der Waals surface area contributed by atoms with Crippen molar-refractivity contribution >= 4 is 46.6 Å². The summed E-state index contributed by atoms with van der Waals surface area (Å²) in [6.07, 6.45) is 0.934. The van der Waals surface area contributed by atoms with Gasteiger partial charge in [0, 0.05) is 28.6 Å². The van der Waals surface area contributed by atoms with E-state index in [-0.39, 0.29) is 17.9 Å². The van der Waals surface area contributed by atoms with Crippen LogP contribution < -0.4 is 16.0 Å². The number of fused-ring (bicyclic) bond motifs is 1. The summed E-state index contributed by atoms with van der Waals surface area (Å²) in [6.45, 7) is 4.88. The molecule has 3 rings (SSSR count). The van der Waals surface area contributed by atoms with Crippen LogP contribution in [0.25, 0.3) is 0 Å². The Hall–Kier alpha value is -2.18. The molecular formula is C22H26ClN3O2S. The second kappa shape index (κ2) is 10.0. The molecule has 29 heavy (non-hydrogen) atoms. The van der Waals surface area contributed by atoms with Gasteiger partial charge in [0.15, 0.2) is 0 Å². The van der Waals surface area contributed by atoms with Gasteiger partial charge >= 0.3 is 0 Å². The minimum Gasteiger partial charge on any atom is -0.371 e. The van der Waals surface area contributed by atoms with Gasteiger partial charge in [0.2, 0.25) is 5.91 Å². The average molecular weight is 432 g/mol. The van der Waals surface area contributed by atoms with Crippen molar-refractivity contribution in [3.05, 3.63) is 58.6 Å². The molecule has 2 aromatic carbocycles. The van der Waals surface area contributed by atoms with Gasteiger partial charge in [-0.1, -0.05) is 37.6 Å².